The third-order valence-electron chi connectivity index (χ3n) is 12.2. The van der Waals surface area contributed by atoms with Crippen molar-refractivity contribution in [3.8, 4) is 0 Å². The van der Waals surface area contributed by atoms with Crippen LogP contribution in [-0.4, -0.2) is 51.9 Å². The predicted octanol–water partition coefficient (Wildman–Crippen LogP) is 9.45. The molecule has 4 fully saturated rings. The molecule has 2 bridgehead atoms. The fraction of sp³-hybridized carbons (Fsp3) is 0.625. The average Bonchev–Trinajstić information content (AvgIpc) is 3.42. The van der Waals surface area contributed by atoms with Gasteiger partial charge < -0.3 is 18.3 Å². The van der Waals surface area contributed by atoms with Crippen molar-refractivity contribution in [3.05, 3.63) is 77.4 Å². The molecule has 7 heteroatoms. The van der Waals surface area contributed by atoms with Gasteiger partial charge in [-0.25, -0.2) is 0 Å². The van der Waals surface area contributed by atoms with Gasteiger partial charge in [-0.2, -0.15) is 0 Å². The predicted molar refractivity (Wildman–Crippen MR) is 195 cm³/mol. The Bertz CT molecular complexity index is 1480. The number of carbonyl (C=O) groups excluding carboxylic acids is 1. The van der Waals surface area contributed by atoms with Crippen molar-refractivity contribution in [2.75, 3.05) is 6.61 Å². The van der Waals surface area contributed by atoms with Gasteiger partial charge in [0.2, 0.25) is 0 Å². The molecule has 0 unspecified atom stereocenters. The van der Waals surface area contributed by atoms with Crippen LogP contribution in [-0.2, 0) is 29.7 Å². The average molecular weight is 675 g/mol. The van der Waals surface area contributed by atoms with Crippen LogP contribution in [0.4, 0.5) is 0 Å². The standard InChI is InChI=1S/C40H58O5Si2/c1-28-21-35-39(45-46(6,7)8,32(28)23-30-17-13-11-14-18-30)26-38(27-43-47(9,10)37(3,4)5)24-33-36(42-25-31-19-15-12-16-20-31)34(41)22-29(2)40(33,35)44-38/h11-20,23,28-29,33,35-36H,21-22,24-27H2,1-10H3/b32-23+/t28-,29+,33-,35+,36+,38-,39-,40+/m0/s1. The number of benzene rings is 2. The number of ketones is 1. The van der Waals surface area contributed by atoms with E-state index in [-0.39, 0.29) is 28.6 Å². The number of hydrogen-bond acceptors (Lipinski definition) is 5. The largest absolute Gasteiger partial charge is 0.414 e. The van der Waals surface area contributed by atoms with E-state index in [1.54, 1.807) is 0 Å². The van der Waals surface area contributed by atoms with Gasteiger partial charge in [-0.05, 0) is 79.2 Å². The molecule has 2 saturated carbocycles. The molecule has 47 heavy (non-hydrogen) atoms. The Morgan fingerprint density at radius 3 is 2.21 bits per heavy atom. The van der Waals surface area contributed by atoms with E-state index in [1.165, 1.54) is 11.1 Å². The van der Waals surface area contributed by atoms with E-state index in [1.807, 2.05) is 18.2 Å². The maximum atomic E-state index is 14.0. The van der Waals surface area contributed by atoms with Crippen molar-refractivity contribution >= 4 is 28.5 Å². The maximum absolute atomic E-state index is 14.0. The minimum absolute atomic E-state index is 0.0458. The van der Waals surface area contributed by atoms with Crippen LogP contribution in [0, 0.1) is 23.7 Å². The highest BCUT2D eigenvalue weighted by Gasteiger charge is 2.77. The minimum atomic E-state index is -2.11. The molecule has 256 valence electrons. The molecule has 0 radical (unpaired) electrons. The highest BCUT2D eigenvalue weighted by Crippen LogP contribution is 2.70. The van der Waals surface area contributed by atoms with Crippen molar-refractivity contribution in [2.24, 2.45) is 23.7 Å². The van der Waals surface area contributed by atoms with E-state index in [0.717, 1.165) is 24.8 Å². The summed E-state index contributed by atoms with van der Waals surface area (Å²) in [6.07, 6.45) is 4.84. The van der Waals surface area contributed by atoms with Gasteiger partial charge in [0.15, 0.2) is 22.4 Å². The zero-order valence-corrected chi connectivity index (χ0v) is 32.5. The van der Waals surface area contributed by atoms with E-state index in [0.29, 0.717) is 25.6 Å². The molecule has 0 amide bonds. The lowest BCUT2D eigenvalue weighted by Gasteiger charge is -2.60. The minimum Gasteiger partial charge on any atom is -0.414 e. The van der Waals surface area contributed by atoms with Crippen LogP contribution in [0.5, 0.6) is 0 Å². The summed E-state index contributed by atoms with van der Waals surface area (Å²) < 4.78 is 29.2. The fourth-order valence-electron chi connectivity index (χ4n) is 9.33. The fourth-order valence-corrected chi connectivity index (χ4v) is 11.8. The summed E-state index contributed by atoms with van der Waals surface area (Å²) in [6.45, 7) is 24.1. The zero-order chi connectivity index (χ0) is 34.0. The Hall–Kier alpha value is -1.88. The van der Waals surface area contributed by atoms with Crippen LogP contribution < -0.4 is 0 Å². The van der Waals surface area contributed by atoms with Gasteiger partial charge in [-0.1, -0.05) is 101 Å². The second kappa shape index (κ2) is 12.2. The van der Waals surface area contributed by atoms with E-state index >= 15 is 0 Å². The van der Waals surface area contributed by atoms with Crippen molar-refractivity contribution < 1.29 is 23.1 Å². The highest BCUT2D eigenvalue weighted by molar-refractivity contribution is 6.74. The van der Waals surface area contributed by atoms with Gasteiger partial charge in [0.05, 0.1) is 30.0 Å². The van der Waals surface area contributed by atoms with Crippen molar-refractivity contribution in [3.63, 3.8) is 0 Å². The number of rotatable bonds is 9. The quantitative estimate of drug-likeness (QED) is 0.248. The monoisotopic (exact) mass is 674 g/mol. The van der Waals surface area contributed by atoms with Crippen molar-refractivity contribution in [1.29, 1.82) is 0 Å². The van der Waals surface area contributed by atoms with Gasteiger partial charge in [0.25, 0.3) is 0 Å². The number of fused-ring (bicyclic) bond motifs is 2. The summed E-state index contributed by atoms with van der Waals surface area (Å²) in [4.78, 5) is 14.0. The molecule has 0 N–H and O–H groups in total. The molecule has 4 aliphatic rings. The number of ether oxygens (including phenoxy) is 2. The lowest BCUT2D eigenvalue weighted by molar-refractivity contribution is -0.265. The van der Waals surface area contributed by atoms with Crippen LogP contribution in [0.2, 0.25) is 37.8 Å². The van der Waals surface area contributed by atoms with Crippen LogP contribution in [0.3, 0.4) is 0 Å². The second-order valence-corrected chi connectivity index (χ2v) is 27.0. The van der Waals surface area contributed by atoms with E-state index in [2.05, 4.69) is 116 Å². The summed E-state index contributed by atoms with van der Waals surface area (Å²) in [6, 6.07) is 21.0. The van der Waals surface area contributed by atoms with Crippen molar-refractivity contribution in [1.82, 2.24) is 0 Å². The topological polar surface area (TPSA) is 54.0 Å². The molecule has 1 spiro atoms. The lowest BCUT2D eigenvalue weighted by atomic mass is 9.59. The first-order valence-electron chi connectivity index (χ1n) is 17.9. The molecule has 2 aliphatic heterocycles. The first kappa shape index (κ1) is 35.0. The molecule has 2 aromatic carbocycles. The van der Waals surface area contributed by atoms with E-state index in [9.17, 15) is 4.79 Å². The smallest absolute Gasteiger partial charge is 0.192 e. The molecule has 0 aromatic heterocycles. The van der Waals surface area contributed by atoms with Gasteiger partial charge >= 0.3 is 0 Å². The van der Waals surface area contributed by atoms with E-state index < -0.39 is 39.5 Å². The Morgan fingerprint density at radius 2 is 1.60 bits per heavy atom. The van der Waals surface area contributed by atoms with Crippen LogP contribution >= 0.6 is 0 Å². The molecular weight excluding hydrogens is 617 g/mol. The Labute approximate surface area is 286 Å². The normalized spacial score (nSPS) is 36.4. The highest BCUT2D eigenvalue weighted by atomic mass is 28.4. The number of carbonyl (C=O) groups is 1. The molecule has 2 saturated heterocycles. The Balaban J connectivity index is 1.50. The third kappa shape index (κ3) is 6.23. The molecule has 2 heterocycles. The second-order valence-electron chi connectivity index (χ2n) is 17.8. The Kier molecular flexibility index (Phi) is 9.05. The summed E-state index contributed by atoms with van der Waals surface area (Å²) in [5, 5.41) is 0.0707. The number of hydrogen-bond donors (Lipinski definition) is 0. The summed E-state index contributed by atoms with van der Waals surface area (Å²) in [5.74, 6) is 0.631. The molecule has 5 nitrogen and oxygen atoms in total. The maximum Gasteiger partial charge on any atom is 0.192 e. The summed E-state index contributed by atoms with van der Waals surface area (Å²) >= 11 is 0. The van der Waals surface area contributed by atoms with Gasteiger partial charge in [0, 0.05) is 24.7 Å². The molecule has 2 aromatic rings. The van der Waals surface area contributed by atoms with Gasteiger partial charge in [0.1, 0.15) is 6.10 Å². The summed E-state index contributed by atoms with van der Waals surface area (Å²) in [7, 11) is -4.19. The molecule has 8 atom stereocenters. The van der Waals surface area contributed by atoms with Crippen molar-refractivity contribution in [2.45, 2.75) is 128 Å². The molecular formula is C40H58O5Si2. The number of Topliss-reactive ketones (excluding diaryl/α,β-unsaturated/α-hetero) is 1. The van der Waals surface area contributed by atoms with Gasteiger partial charge in [-0.3, -0.25) is 4.79 Å². The first-order valence-corrected chi connectivity index (χ1v) is 24.2. The SMILES string of the molecule is C[C@@H]1CC(=O)[C@H](OCc2ccccc2)[C@@H]2C[C@@]3(CO[Si](C)(C)C(C)(C)C)C[C@]4(O[Si](C)(C)C)/C(=C/c5ccccc5)[C@@H](C)C[C@H]4[C@@]12O3. The van der Waals surface area contributed by atoms with E-state index in [4.69, 9.17) is 18.3 Å². The van der Waals surface area contributed by atoms with Crippen LogP contribution in [0.1, 0.15) is 71.4 Å². The molecule has 6 rings (SSSR count). The summed E-state index contributed by atoms with van der Waals surface area (Å²) in [5.41, 5.74) is 2.06. The zero-order valence-electron chi connectivity index (χ0n) is 30.5. The first-order chi connectivity index (χ1) is 21.9. The Morgan fingerprint density at radius 1 is 0.957 bits per heavy atom. The third-order valence-corrected chi connectivity index (χ3v) is 17.7. The van der Waals surface area contributed by atoms with Crippen LogP contribution in [0.15, 0.2) is 66.2 Å². The lowest BCUT2D eigenvalue weighted by Crippen LogP contribution is -2.68. The van der Waals surface area contributed by atoms with Gasteiger partial charge in [-0.15, -0.1) is 0 Å². The molecule has 2 aliphatic carbocycles. The van der Waals surface area contributed by atoms with Crippen LogP contribution in [0.25, 0.3) is 6.08 Å².